The summed E-state index contributed by atoms with van der Waals surface area (Å²) < 4.78 is 5.80. The van der Waals surface area contributed by atoms with Gasteiger partial charge in [-0.15, -0.1) is 11.3 Å². The van der Waals surface area contributed by atoms with E-state index in [1.807, 2.05) is 24.5 Å². The number of thiophene rings is 1. The number of ether oxygens (including phenoxy) is 1. The van der Waals surface area contributed by atoms with Gasteiger partial charge in [0.25, 0.3) is 0 Å². The molecule has 0 amide bonds. The molecule has 20 heavy (non-hydrogen) atoms. The molecule has 2 rings (SSSR count). The first-order valence-electron chi connectivity index (χ1n) is 7.02. The molecular formula is C17H23NOS. The fourth-order valence-corrected chi connectivity index (χ4v) is 3.61. The van der Waals surface area contributed by atoms with Crippen molar-refractivity contribution in [2.45, 2.75) is 39.8 Å². The van der Waals surface area contributed by atoms with Crippen LogP contribution in [0.2, 0.25) is 0 Å². The van der Waals surface area contributed by atoms with Crippen LogP contribution in [0, 0.1) is 13.8 Å². The minimum absolute atomic E-state index is 0.198. The van der Waals surface area contributed by atoms with Crippen LogP contribution in [-0.2, 0) is 0 Å². The molecule has 1 aromatic heterocycles. The van der Waals surface area contributed by atoms with Gasteiger partial charge in [0.2, 0.25) is 0 Å². The molecule has 0 radical (unpaired) electrons. The number of nitrogens with one attached hydrogen (secondary N) is 1. The zero-order chi connectivity index (χ0) is 14.7. The van der Waals surface area contributed by atoms with Crippen molar-refractivity contribution < 1.29 is 4.74 Å². The van der Waals surface area contributed by atoms with E-state index in [1.165, 1.54) is 20.9 Å². The summed E-state index contributed by atoms with van der Waals surface area (Å²) in [5.41, 5.74) is 2.60. The maximum atomic E-state index is 5.80. The van der Waals surface area contributed by atoms with Gasteiger partial charge in [0.1, 0.15) is 5.75 Å². The van der Waals surface area contributed by atoms with E-state index >= 15 is 0 Å². The summed E-state index contributed by atoms with van der Waals surface area (Å²) in [5.74, 6) is 0.934. The van der Waals surface area contributed by atoms with Crippen molar-refractivity contribution in [3.63, 3.8) is 0 Å². The maximum absolute atomic E-state index is 5.80. The lowest BCUT2D eigenvalue weighted by atomic mass is 10.0. The highest BCUT2D eigenvalue weighted by molar-refractivity contribution is 7.12. The predicted octanol–water partition coefficient (Wildman–Crippen LogP) is 4.46. The molecule has 1 aromatic carbocycles. The molecule has 2 nitrogen and oxygen atoms in total. The SMILES string of the molecule is CNC(c1cccc(OC(C)C)c1)c1sc(C)cc1C. The molecule has 0 saturated heterocycles. The first-order chi connectivity index (χ1) is 9.51. The molecule has 0 saturated carbocycles. The number of hydrogen-bond acceptors (Lipinski definition) is 3. The van der Waals surface area contributed by atoms with E-state index in [0.29, 0.717) is 0 Å². The van der Waals surface area contributed by atoms with Gasteiger partial charge in [-0.2, -0.15) is 0 Å². The van der Waals surface area contributed by atoms with E-state index in [1.54, 1.807) is 0 Å². The topological polar surface area (TPSA) is 21.3 Å². The third-order valence-electron chi connectivity index (χ3n) is 3.19. The van der Waals surface area contributed by atoms with Crippen molar-refractivity contribution in [3.05, 3.63) is 51.2 Å². The highest BCUT2D eigenvalue weighted by Crippen LogP contribution is 2.32. The molecule has 0 aliphatic carbocycles. The minimum Gasteiger partial charge on any atom is -0.491 e. The molecule has 1 N–H and O–H groups in total. The molecule has 3 heteroatoms. The summed E-state index contributed by atoms with van der Waals surface area (Å²) in [5, 5.41) is 3.42. The zero-order valence-electron chi connectivity index (χ0n) is 12.9. The second kappa shape index (κ2) is 6.42. The van der Waals surface area contributed by atoms with Crippen LogP contribution in [0.1, 0.15) is 40.8 Å². The summed E-state index contributed by atoms with van der Waals surface area (Å²) in [6.07, 6.45) is 0.198. The van der Waals surface area contributed by atoms with Gasteiger partial charge in [-0.1, -0.05) is 12.1 Å². The van der Waals surface area contributed by atoms with Crippen LogP contribution in [0.5, 0.6) is 5.75 Å². The van der Waals surface area contributed by atoms with Crippen molar-refractivity contribution >= 4 is 11.3 Å². The molecule has 1 unspecified atom stereocenters. The Kier molecular flexibility index (Phi) is 4.84. The Morgan fingerprint density at radius 2 is 1.90 bits per heavy atom. The zero-order valence-corrected chi connectivity index (χ0v) is 13.7. The van der Waals surface area contributed by atoms with Gasteiger partial charge in [-0.05, 0) is 64.1 Å². The Hall–Kier alpha value is -1.32. The molecule has 108 valence electrons. The number of benzene rings is 1. The smallest absolute Gasteiger partial charge is 0.120 e. The molecule has 1 atom stereocenters. The van der Waals surface area contributed by atoms with E-state index in [4.69, 9.17) is 4.74 Å². The Morgan fingerprint density at radius 3 is 2.45 bits per heavy atom. The highest BCUT2D eigenvalue weighted by atomic mass is 32.1. The van der Waals surface area contributed by atoms with Gasteiger partial charge in [-0.3, -0.25) is 0 Å². The molecule has 0 aliphatic heterocycles. The standard InChI is InChI=1S/C17H23NOS/c1-11(2)19-15-8-6-7-14(10-15)16(18-5)17-12(3)9-13(4)20-17/h6-11,16,18H,1-5H3. The third kappa shape index (κ3) is 3.41. The second-order valence-corrected chi connectivity index (χ2v) is 6.65. The summed E-state index contributed by atoms with van der Waals surface area (Å²) in [6.45, 7) is 8.44. The maximum Gasteiger partial charge on any atom is 0.120 e. The Bertz CT molecular complexity index is 574. The highest BCUT2D eigenvalue weighted by Gasteiger charge is 2.17. The largest absolute Gasteiger partial charge is 0.491 e. The molecule has 0 aliphatic rings. The Morgan fingerprint density at radius 1 is 1.15 bits per heavy atom. The number of hydrogen-bond donors (Lipinski definition) is 1. The fraction of sp³-hybridized carbons (Fsp3) is 0.412. The van der Waals surface area contributed by atoms with E-state index in [-0.39, 0.29) is 12.1 Å². The number of rotatable bonds is 5. The van der Waals surface area contributed by atoms with E-state index < -0.39 is 0 Å². The predicted molar refractivity (Wildman–Crippen MR) is 86.9 cm³/mol. The average molecular weight is 289 g/mol. The molecule has 0 bridgehead atoms. The van der Waals surface area contributed by atoms with Crippen LogP contribution in [0.3, 0.4) is 0 Å². The van der Waals surface area contributed by atoms with Gasteiger partial charge < -0.3 is 10.1 Å². The van der Waals surface area contributed by atoms with Crippen LogP contribution >= 0.6 is 11.3 Å². The normalized spacial score (nSPS) is 12.7. The van der Waals surface area contributed by atoms with Gasteiger partial charge in [0.15, 0.2) is 0 Å². The van der Waals surface area contributed by atoms with Gasteiger partial charge >= 0.3 is 0 Å². The lowest BCUT2D eigenvalue weighted by Gasteiger charge is -2.18. The van der Waals surface area contributed by atoms with Gasteiger partial charge in [0, 0.05) is 9.75 Å². The summed E-state index contributed by atoms with van der Waals surface area (Å²) in [4.78, 5) is 2.74. The molecular weight excluding hydrogens is 266 g/mol. The van der Waals surface area contributed by atoms with Crippen molar-refractivity contribution in [2.24, 2.45) is 0 Å². The second-order valence-electron chi connectivity index (χ2n) is 5.37. The van der Waals surface area contributed by atoms with Crippen molar-refractivity contribution in [2.75, 3.05) is 7.05 Å². The average Bonchev–Trinajstić information content (AvgIpc) is 2.69. The molecule has 0 spiro atoms. The molecule has 0 fully saturated rings. The Labute approximate surface area is 125 Å². The van der Waals surface area contributed by atoms with Crippen LogP contribution in [0.25, 0.3) is 0 Å². The van der Waals surface area contributed by atoms with E-state index in [0.717, 1.165) is 5.75 Å². The number of aryl methyl sites for hydroxylation is 2. The monoisotopic (exact) mass is 289 g/mol. The Balaban J connectivity index is 2.34. The minimum atomic E-state index is 0.198. The third-order valence-corrected chi connectivity index (χ3v) is 4.41. The van der Waals surface area contributed by atoms with Gasteiger partial charge in [-0.25, -0.2) is 0 Å². The first-order valence-corrected chi connectivity index (χ1v) is 7.83. The van der Waals surface area contributed by atoms with Crippen LogP contribution in [0.15, 0.2) is 30.3 Å². The van der Waals surface area contributed by atoms with Crippen LogP contribution in [0.4, 0.5) is 0 Å². The fourth-order valence-electron chi connectivity index (χ4n) is 2.43. The van der Waals surface area contributed by atoms with Crippen molar-refractivity contribution in [3.8, 4) is 5.75 Å². The van der Waals surface area contributed by atoms with Crippen LogP contribution in [-0.4, -0.2) is 13.2 Å². The molecule has 2 aromatic rings. The van der Waals surface area contributed by atoms with E-state index in [2.05, 4.69) is 57.3 Å². The lowest BCUT2D eigenvalue weighted by Crippen LogP contribution is -2.17. The van der Waals surface area contributed by atoms with Crippen LogP contribution < -0.4 is 10.1 Å². The van der Waals surface area contributed by atoms with Gasteiger partial charge in [0.05, 0.1) is 12.1 Å². The van der Waals surface area contributed by atoms with Crippen molar-refractivity contribution in [1.82, 2.24) is 5.32 Å². The van der Waals surface area contributed by atoms with E-state index in [9.17, 15) is 0 Å². The lowest BCUT2D eigenvalue weighted by molar-refractivity contribution is 0.242. The summed E-state index contributed by atoms with van der Waals surface area (Å²) in [6, 6.07) is 10.8. The quantitative estimate of drug-likeness (QED) is 0.877. The van der Waals surface area contributed by atoms with Crippen molar-refractivity contribution in [1.29, 1.82) is 0 Å². The molecule has 1 heterocycles. The first kappa shape index (κ1) is 15.1. The summed E-state index contributed by atoms with van der Waals surface area (Å²) in [7, 11) is 2.01. The summed E-state index contributed by atoms with van der Waals surface area (Å²) >= 11 is 1.86.